The van der Waals surface area contributed by atoms with Gasteiger partial charge in [0.2, 0.25) is 0 Å². The molecule has 0 aliphatic carbocycles. The highest BCUT2D eigenvalue weighted by Crippen LogP contribution is 2.16. The van der Waals surface area contributed by atoms with E-state index in [0.29, 0.717) is 11.6 Å². The molecular weight excluding hydrogens is 164 g/mol. The van der Waals surface area contributed by atoms with Crippen LogP contribution in [0, 0.1) is 5.51 Å². The number of nitrogen functional groups attached to an aromatic ring is 1. The summed E-state index contributed by atoms with van der Waals surface area (Å²) >= 11 is 1.34. The molecule has 0 aliphatic rings. The third-order valence-electron chi connectivity index (χ3n) is 1.05. The fourth-order valence-corrected chi connectivity index (χ4v) is 1.09. The Kier molecular flexibility index (Phi) is 1.32. The fraction of sp³-hybridized carbons (Fsp3) is 0. The molecule has 6 heteroatoms. The van der Waals surface area contributed by atoms with Crippen molar-refractivity contribution in [2.75, 3.05) is 5.73 Å². The van der Waals surface area contributed by atoms with Crippen LogP contribution in [-0.4, -0.2) is 15.2 Å². The van der Waals surface area contributed by atoms with Crippen LogP contribution in [0.5, 0.6) is 0 Å². The van der Waals surface area contributed by atoms with Gasteiger partial charge < -0.3 is 10.2 Å². The number of hydrogen-bond acceptors (Lipinski definition) is 6. The molecule has 0 atom stereocenters. The van der Waals surface area contributed by atoms with Gasteiger partial charge in [-0.2, -0.15) is 0 Å². The standard InChI is InChI=1S/C5H3N4OS/c6-5-9-8-4(10-5)3-1-11-2-7-3/h1H,(H2,6,9). The van der Waals surface area contributed by atoms with Crippen molar-refractivity contribution in [1.29, 1.82) is 0 Å². The first kappa shape index (κ1) is 6.29. The van der Waals surface area contributed by atoms with Gasteiger partial charge in [-0.15, -0.1) is 16.4 Å². The molecule has 0 amide bonds. The van der Waals surface area contributed by atoms with Gasteiger partial charge in [0.1, 0.15) is 5.69 Å². The summed E-state index contributed by atoms with van der Waals surface area (Å²) < 4.78 is 4.91. The molecule has 0 saturated heterocycles. The summed E-state index contributed by atoms with van der Waals surface area (Å²) in [7, 11) is 0. The van der Waals surface area contributed by atoms with Crippen LogP contribution >= 0.6 is 11.3 Å². The second-order valence-corrected chi connectivity index (χ2v) is 2.42. The van der Waals surface area contributed by atoms with Crippen LogP contribution in [-0.2, 0) is 0 Å². The Bertz CT molecular complexity index is 341. The highest BCUT2D eigenvalue weighted by molar-refractivity contribution is 7.07. The second kappa shape index (κ2) is 2.31. The SMILES string of the molecule is Nc1nnc(-c2cs[c]n2)o1. The van der Waals surface area contributed by atoms with E-state index in [1.165, 1.54) is 11.3 Å². The lowest BCUT2D eigenvalue weighted by Gasteiger charge is -1.81. The lowest BCUT2D eigenvalue weighted by atomic mass is 10.5. The van der Waals surface area contributed by atoms with Crippen molar-refractivity contribution in [3.05, 3.63) is 10.9 Å². The predicted molar refractivity (Wildman–Crippen MR) is 38.7 cm³/mol. The molecule has 55 valence electrons. The first-order chi connectivity index (χ1) is 5.36. The highest BCUT2D eigenvalue weighted by atomic mass is 32.1. The Morgan fingerprint density at radius 1 is 1.55 bits per heavy atom. The number of thiazole rings is 1. The first-order valence-electron chi connectivity index (χ1n) is 2.77. The minimum Gasteiger partial charge on any atom is -0.402 e. The molecule has 1 radical (unpaired) electrons. The predicted octanol–water partition coefficient (Wildman–Crippen LogP) is 0.575. The molecule has 0 spiro atoms. The van der Waals surface area contributed by atoms with Crippen LogP contribution in [0.3, 0.4) is 0 Å². The molecule has 0 aromatic carbocycles. The summed E-state index contributed by atoms with van der Waals surface area (Å²) in [5.74, 6) is 0.333. The maximum absolute atomic E-state index is 5.21. The average molecular weight is 167 g/mol. The van der Waals surface area contributed by atoms with Gasteiger partial charge in [-0.3, -0.25) is 0 Å². The molecule has 0 fully saturated rings. The van der Waals surface area contributed by atoms with Crippen LogP contribution < -0.4 is 5.73 Å². The maximum atomic E-state index is 5.21. The number of anilines is 1. The molecule has 5 nitrogen and oxygen atoms in total. The number of rotatable bonds is 1. The summed E-state index contributed by atoms with van der Waals surface area (Å²) in [5.41, 5.74) is 8.48. The molecule has 2 N–H and O–H groups in total. The number of nitrogens with two attached hydrogens (primary N) is 1. The smallest absolute Gasteiger partial charge is 0.313 e. The summed E-state index contributed by atoms with van der Waals surface area (Å²) in [5, 5.41) is 8.88. The van der Waals surface area contributed by atoms with E-state index in [9.17, 15) is 0 Å². The average Bonchev–Trinajstić information content (AvgIpc) is 2.55. The molecular formula is C5H3N4OS. The van der Waals surface area contributed by atoms with Gasteiger partial charge in [0, 0.05) is 5.38 Å². The van der Waals surface area contributed by atoms with Crippen LogP contribution in [0.15, 0.2) is 9.80 Å². The monoisotopic (exact) mass is 167 g/mol. The second-order valence-electron chi connectivity index (χ2n) is 1.77. The third-order valence-corrected chi connectivity index (χ3v) is 1.59. The minimum absolute atomic E-state index is 0.0491. The van der Waals surface area contributed by atoms with E-state index in [-0.39, 0.29) is 6.01 Å². The Balaban J connectivity index is 2.45. The van der Waals surface area contributed by atoms with Gasteiger partial charge in [-0.1, -0.05) is 5.10 Å². The van der Waals surface area contributed by atoms with E-state index in [4.69, 9.17) is 10.2 Å². The Morgan fingerprint density at radius 2 is 2.45 bits per heavy atom. The van der Waals surface area contributed by atoms with Crippen molar-refractivity contribution in [2.24, 2.45) is 0 Å². The van der Waals surface area contributed by atoms with E-state index in [2.05, 4.69) is 20.7 Å². The zero-order valence-electron chi connectivity index (χ0n) is 5.31. The van der Waals surface area contributed by atoms with Crippen LogP contribution in [0.25, 0.3) is 11.6 Å². The Labute approximate surface area is 65.9 Å². The Hall–Kier alpha value is -1.43. The van der Waals surface area contributed by atoms with Crippen molar-refractivity contribution < 1.29 is 4.42 Å². The zero-order chi connectivity index (χ0) is 7.68. The third kappa shape index (κ3) is 1.07. The van der Waals surface area contributed by atoms with Gasteiger partial charge in [0.05, 0.1) is 0 Å². The van der Waals surface area contributed by atoms with Crippen LogP contribution in [0.1, 0.15) is 0 Å². The normalized spacial score (nSPS) is 10.2. The van der Waals surface area contributed by atoms with Crippen molar-refractivity contribution in [3.8, 4) is 11.6 Å². The van der Waals surface area contributed by atoms with Crippen molar-refractivity contribution >= 4 is 17.4 Å². The van der Waals surface area contributed by atoms with E-state index in [1.54, 1.807) is 5.38 Å². The molecule has 2 aromatic rings. The quantitative estimate of drug-likeness (QED) is 0.672. The van der Waals surface area contributed by atoms with Crippen molar-refractivity contribution in [1.82, 2.24) is 15.2 Å². The van der Waals surface area contributed by atoms with Gasteiger partial charge in [-0.25, -0.2) is 4.98 Å². The van der Waals surface area contributed by atoms with Crippen LogP contribution in [0.2, 0.25) is 0 Å². The number of aromatic nitrogens is 3. The van der Waals surface area contributed by atoms with E-state index in [0.717, 1.165) is 0 Å². The van der Waals surface area contributed by atoms with Gasteiger partial charge in [0.25, 0.3) is 5.89 Å². The first-order valence-corrected chi connectivity index (χ1v) is 3.65. The maximum Gasteiger partial charge on any atom is 0.313 e. The van der Waals surface area contributed by atoms with Crippen molar-refractivity contribution in [2.45, 2.75) is 0 Å². The largest absolute Gasteiger partial charge is 0.402 e. The molecule has 2 heterocycles. The lowest BCUT2D eigenvalue weighted by Crippen LogP contribution is -1.81. The van der Waals surface area contributed by atoms with Crippen molar-refractivity contribution in [3.63, 3.8) is 0 Å². The number of hydrogen-bond donors (Lipinski definition) is 1. The van der Waals surface area contributed by atoms with Gasteiger partial charge in [0.15, 0.2) is 5.51 Å². The molecule has 0 aliphatic heterocycles. The summed E-state index contributed by atoms with van der Waals surface area (Å²) in [4.78, 5) is 3.84. The zero-order valence-corrected chi connectivity index (χ0v) is 6.13. The van der Waals surface area contributed by atoms with Gasteiger partial charge >= 0.3 is 6.01 Å². The minimum atomic E-state index is 0.0491. The van der Waals surface area contributed by atoms with E-state index >= 15 is 0 Å². The van der Waals surface area contributed by atoms with Gasteiger partial charge in [-0.05, 0) is 0 Å². The molecule has 0 unspecified atom stereocenters. The molecule has 2 rings (SSSR count). The Morgan fingerprint density at radius 3 is 3.00 bits per heavy atom. The summed E-state index contributed by atoms with van der Waals surface area (Å²) in [6.45, 7) is 0. The van der Waals surface area contributed by atoms with Crippen LogP contribution in [0.4, 0.5) is 6.01 Å². The summed E-state index contributed by atoms with van der Waals surface area (Å²) in [6, 6.07) is 0.0491. The molecule has 2 aromatic heterocycles. The lowest BCUT2D eigenvalue weighted by molar-refractivity contribution is 0.588. The van der Waals surface area contributed by atoms with E-state index < -0.39 is 0 Å². The summed E-state index contributed by atoms with van der Waals surface area (Å²) in [6.07, 6.45) is 0. The van der Waals surface area contributed by atoms with E-state index in [1.807, 2.05) is 0 Å². The molecule has 11 heavy (non-hydrogen) atoms. The molecule has 0 bridgehead atoms. The topological polar surface area (TPSA) is 77.8 Å². The fourth-order valence-electron chi connectivity index (χ4n) is 0.620. The number of nitrogens with zero attached hydrogens (tertiary/aromatic N) is 3. The molecule has 0 saturated carbocycles. The highest BCUT2D eigenvalue weighted by Gasteiger charge is 2.06.